The second-order valence-corrected chi connectivity index (χ2v) is 8.58. The van der Waals surface area contributed by atoms with Crippen LogP contribution in [0.1, 0.15) is 54.9 Å². The van der Waals surface area contributed by atoms with Gasteiger partial charge >= 0.3 is 0 Å². The first-order chi connectivity index (χ1) is 15.0. The fourth-order valence-corrected chi connectivity index (χ4v) is 3.91. The molecule has 0 bridgehead atoms. The van der Waals surface area contributed by atoms with Crippen LogP contribution in [0.5, 0.6) is 5.75 Å². The number of amides is 2. The summed E-state index contributed by atoms with van der Waals surface area (Å²) in [5.74, 6) is 0.481. The van der Waals surface area contributed by atoms with Crippen molar-refractivity contribution in [3.05, 3.63) is 58.1 Å². The summed E-state index contributed by atoms with van der Waals surface area (Å²) in [7, 11) is 0. The van der Waals surface area contributed by atoms with Gasteiger partial charge in [-0.15, -0.1) is 0 Å². The Morgan fingerprint density at radius 3 is 2.77 bits per heavy atom. The summed E-state index contributed by atoms with van der Waals surface area (Å²) >= 11 is 3.52. The number of ether oxygens (including phenoxy) is 2. The Labute approximate surface area is 191 Å². The van der Waals surface area contributed by atoms with Crippen LogP contribution in [0.2, 0.25) is 0 Å². The highest BCUT2D eigenvalue weighted by Gasteiger charge is 2.18. The minimum absolute atomic E-state index is 0.0595. The Morgan fingerprint density at radius 1 is 1.26 bits per heavy atom. The third-order valence-electron chi connectivity index (χ3n) is 5.46. The van der Waals surface area contributed by atoms with Gasteiger partial charge in [-0.05, 0) is 70.9 Å². The van der Waals surface area contributed by atoms with E-state index < -0.39 is 0 Å². The van der Waals surface area contributed by atoms with Crippen molar-refractivity contribution >= 4 is 33.4 Å². The lowest BCUT2D eigenvalue weighted by Gasteiger charge is -2.15. The van der Waals surface area contributed by atoms with Crippen molar-refractivity contribution in [3.8, 4) is 5.75 Å². The van der Waals surface area contributed by atoms with Crippen LogP contribution >= 0.6 is 15.9 Å². The van der Waals surface area contributed by atoms with Crippen molar-refractivity contribution < 1.29 is 19.1 Å². The van der Waals surface area contributed by atoms with Crippen LogP contribution in [0.25, 0.3) is 0 Å². The first-order valence-corrected chi connectivity index (χ1v) is 11.5. The highest BCUT2D eigenvalue weighted by molar-refractivity contribution is 9.10. The zero-order chi connectivity index (χ0) is 22.2. The van der Waals surface area contributed by atoms with Gasteiger partial charge in [-0.25, -0.2) is 0 Å². The van der Waals surface area contributed by atoms with Crippen LogP contribution in [0.15, 0.2) is 46.9 Å². The summed E-state index contributed by atoms with van der Waals surface area (Å²) in [6.07, 6.45) is 3.08. The number of rotatable bonds is 9. The van der Waals surface area contributed by atoms with Gasteiger partial charge in [0.1, 0.15) is 5.75 Å². The number of anilines is 1. The number of nitrogens with one attached hydrogen (secondary N) is 2. The molecule has 0 spiro atoms. The van der Waals surface area contributed by atoms with Gasteiger partial charge in [-0.1, -0.05) is 32.0 Å². The molecule has 0 aromatic heterocycles. The number of halogens is 1. The lowest BCUT2D eigenvalue weighted by molar-refractivity contribution is -0.118. The Hall–Kier alpha value is -2.38. The van der Waals surface area contributed by atoms with Crippen molar-refractivity contribution in [1.29, 1.82) is 0 Å². The summed E-state index contributed by atoms with van der Waals surface area (Å²) < 4.78 is 12.0. The van der Waals surface area contributed by atoms with E-state index in [-0.39, 0.29) is 24.5 Å². The van der Waals surface area contributed by atoms with Gasteiger partial charge in [-0.2, -0.15) is 0 Å². The molecule has 1 saturated heterocycles. The SMILES string of the molecule is CCC(C)c1ccc(OCC(=O)Nc2ccccc2C(=O)NCC2CCCO2)c(Br)c1. The molecule has 166 valence electrons. The van der Waals surface area contributed by atoms with E-state index in [0.717, 1.165) is 30.3 Å². The normalized spacial score (nSPS) is 16.5. The molecule has 0 saturated carbocycles. The monoisotopic (exact) mass is 488 g/mol. The van der Waals surface area contributed by atoms with Crippen LogP contribution in [-0.4, -0.2) is 37.7 Å². The topological polar surface area (TPSA) is 76.7 Å². The zero-order valence-electron chi connectivity index (χ0n) is 17.9. The molecule has 2 N–H and O–H groups in total. The first kappa shape index (κ1) is 23.3. The molecule has 6 nitrogen and oxygen atoms in total. The minimum atomic E-state index is -0.336. The number of benzene rings is 2. The van der Waals surface area contributed by atoms with E-state index in [4.69, 9.17) is 9.47 Å². The summed E-state index contributed by atoms with van der Waals surface area (Å²) in [5, 5.41) is 5.66. The van der Waals surface area contributed by atoms with Crippen molar-refractivity contribution in [2.75, 3.05) is 25.1 Å². The molecule has 31 heavy (non-hydrogen) atoms. The van der Waals surface area contributed by atoms with Crippen molar-refractivity contribution in [3.63, 3.8) is 0 Å². The molecule has 1 fully saturated rings. The van der Waals surface area contributed by atoms with Gasteiger partial charge in [0.25, 0.3) is 11.8 Å². The summed E-state index contributed by atoms with van der Waals surface area (Å²) in [6, 6.07) is 12.8. The van der Waals surface area contributed by atoms with E-state index in [9.17, 15) is 9.59 Å². The van der Waals surface area contributed by atoms with Gasteiger partial charge in [0.2, 0.25) is 0 Å². The number of hydrogen-bond acceptors (Lipinski definition) is 4. The molecule has 3 rings (SSSR count). The highest BCUT2D eigenvalue weighted by Crippen LogP contribution is 2.30. The Balaban J connectivity index is 1.56. The van der Waals surface area contributed by atoms with E-state index in [1.54, 1.807) is 24.3 Å². The Bertz CT molecular complexity index is 912. The van der Waals surface area contributed by atoms with E-state index in [1.807, 2.05) is 18.2 Å². The Morgan fingerprint density at radius 2 is 2.06 bits per heavy atom. The predicted octanol–water partition coefficient (Wildman–Crippen LogP) is 4.89. The number of para-hydroxylation sites is 1. The molecule has 2 amide bonds. The average Bonchev–Trinajstić information content (AvgIpc) is 3.30. The van der Waals surface area contributed by atoms with E-state index in [2.05, 4.69) is 40.4 Å². The maximum Gasteiger partial charge on any atom is 0.262 e. The lowest BCUT2D eigenvalue weighted by atomic mass is 9.99. The Kier molecular flexibility index (Phi) is 8.49. The van der Waals surface area contributed by atoms with E-state index in [1.165, 1.54) is 5.56 Å². The maximum absolute atomic E-state index is 12.6. The predicted molar refractivity (Wildman–Crippen MR) is 125 cm³/mol. The summed E-state index contributed by atoms with van der Waals surface area (Å²) in [6.45, 7) is 5.36. The molecule has 7 heteroatoms. The van der Waals surface area contributed by atoms with Crippen LogP contribution < -0.4 is 15.4 Å². The number of carbonyl (C=O) groups excluding carboxylic acids is 2. The number of hydrogen-bond donors (Lipinski definition) is 2. The molecule has 0 radical (unpaired) electrons. The average molecular weight is 489 g/mol. The van der Waals surface area contributed by atoms with Crippen molar-refractivity contribution in [1.82, 2.24) is 5.32 Å². The van der Waals surface area contributed by atoms with Gasteiger partial charge < -0.3 is 20.1 Å². The fraction of sp³-hybridized carbons (Fsp3) is 0.417. The quantitative estimate of drug-likeness (QED) is 0.526. The van der Waals surface area contributed by atoms with Gasteiger partial charge in [0, 0.05) is 13.2 Å². The molecule has 2 aromatic rings. The van der Waals surface area contributed by atoms with Crippen molar-refractivity contribution in [2.24, 2.45) is 0 Å². The molecule has 1 aliphatic heterocycles. The summed E-state index contributed by atoms with van der Waals surface area (Å²) in [5.41, 5.74) is 2.08. The largest absolute Gasteiger partial charge is 0.483 e. The van der Waals surface area contributed by atoms with Crippen LogP contribution in [0.4, 0.5) is 5.69 Å². The van der Waals surface area contributed by atoms with E-state index >= 15 is 0 Å². The number of carbonyl (C=O) groups is 2. The molecule has 1 aliphatic rings. The zero-order valence-corrected chi connectivity index (χ0v) is 19.5. The fourth-order valence-electron chi connectivity index (χ4n) is 3.40. The van der Waals surface area contributed by atoms with Crippen LogP contribution in [0.3, 0.4) is 0 Å². The second-order valence-electron chi connectivity index (χ2n) is 7.73. The van der Waals surface area contributed by atoms with Crippen LogP contribution in [0, 0.1) is 0 Å². The molecular formula is C24H29BrN2O4. The maximum atomic E-state index is 12.6. The van der Waals surface area contributed by atoms with Gasteiger partial charge in [0.15, 0.2) is 6.61 Å². The smallest absolute Gasteiger partial charge is 0.262 e. The minimum Gasteiger partial charge on any atom is -0.483 e. The lowest BCUT2D eigenvalue weighted by Crippen LogP contribution is -2.32. The molecule has 2 unspecified atom stereocenters. The third kappa shape index (κ3) is 6.55. The highest BCUT2D eigenvalue weighted by atomic mass is 79.9. The van der Waals surface area contributed by atoms with Gasteiger partial charge in [-0.3, -0.25) is 9.59 Å². The summed E-state index contributed by atoms with van der Waals surface area (Å²) in [4.78, 5) is 25.0. The standard InChI is InChI=1S/C24H29BrN2O4/c1-3-16(2)17-10-11-22(20(25)13-17)31-15-23(28)27-21-9-5-4-8-19(21)24(29)26-14-18-7-6-12-30-18/h4-5,8-11,13,16,18H,3,6-7,12,14-15H2,1-2H3,(H,26,29)(H,27,28). The molecular weight excluding hydrogens is 460 g/mol. The first-order valence-electron chi connectivity index (χ1n) is 10.7. The second kappa shape index (κ2) is 11.3. The molecule has 2 atom stereocenters. The van der Waals surface area contributed by atoms with Gasteiger partial charge in [0.05, 0.1) is 21.8 Å². The third-order valence-corrected chi connectivity index (χ3v) is 6.08. The van der Waals surface area contributed by atoms with Crippen LogP contribution in [-0.2, 0) is 9.53 Å². The molecule has 1 heterocycles. The molecule has 2 aromatic carbocycles. The van der Waals surface area contributed by atoms with E-state index in [0.29, 0.717) is 29.5 Å². The van der Waals surface area contributed by atoms with Crippen molar-refractivity contribution in [2.45, 2.75) is 45.1 Å². The molecule has 0 aliphatic carbocycles.